The van der Waals surface area contributed by atoms with E-state index in [4.69, 9.17) is 15.0 Å². The van der Waals surface area contributed by atoms with Crippen molar-refractivity contribution in [1.82, 2.24) is 4.98 Å². The van der Waals surface area contributed by atoms with E-state index in [-0.39, 0.29) is 11.8 Å². The van der Waals surface area contributed by atoms with Gasteiger partial charge in [-0.05, 0) is 90.3 Å². The Kier molecular flexibility index (Phi) is 11.7. The molecule has 0 saturated carbocycles. The lowest BCUT2D eigenvalue weighted by Crippen LogP contribution is -2.11. The number of hydrogen-bond acceptors (Lipinski definition) is 3. The summed E-state index contributed by atoms with van der Waals surface area (Å²) < 4.78 is 0. The van der Waals surface area contributed by atoms with E-state index in [0.29, 0.717) is 0 Å². The van der Waals surface area contributed by atoms with Crippen molar-refractivity contribution in [2.24, 2.45) is 9.98 Å². The molecular formula is C52H49N3. The fraction of sp³-hybridized carbons (Fsp3) is 0.173. The SMILES string of the molecule is CCc1cccc(CC)c1N=C(C)c1cccc(C(C)=Nc2c(C(c3ccccc3)c3ccccc3)cc(C)cc2C(c2ccccc2)c2ccccc2)n1. The normalized spacial score (nSPS) is 12.1. The molecule has 0 aliphatic rings. The van der Waals surface area contributed by atoms with Crippen molar-refractivity contribution in [3.63, 3.8) is 0 Å². The summed E-state index contributed by atoms with van der Waals surface area (Å²) in [6.07, 6.45) is 1.86. The van der Waals surface area contributed by atoms with Gasteiger partial charge in [-0.1, -0.05) is 177 Å². The number of para-hydroxylation sites is 1. The lowest BCUT2D eigenvalue weighted by Gasteiger charge is -2.27. The first-order valence-electron chi connectivity index (χ1n) is 19.5. The molecular weight excluding hydrogens is 667 g/mol. The maximum absolute atomic E-state index is 5.67. The van der Waals surface area contributed by atoms with Gasteiger partial charge in [0.05, 0.1) is 34.2 Å². The van der Waals surface area contributed by atoms with Crippen LogP contribution in [0.1, 0.15) is 101 Å². The van der Waals surface area contributed by atoms with E-state index in [9.17, 15) is 0 Å². The fourth-order valence-corrected chi connectivity index (χ4v) is 7.74. The number of hydrogen-bond donors (Lipinski definition) is 0. The molecule has 0 N–H and O–H groups in total. The van der Waals surface area contributed by atoms with E-state index in [1.807, 2.05) is 0 Å². The maximum atomic E-state index is 5.67. The van der Waals surface area contributed by atoms with Crippen molar-refractivity contribution in [2.45, 2.75) is 59.3 Å². The molecule has 0 fully saturated rings. The van der Waals surface area contributed by atoms with E-state index in [2.05, 4.69) is 204 Å². The van der Waals surface area contributed by atoms with Gasteiger partial charge in [-0.3, -0.25) is 9.98 Å². The monoisotopic (exact) mass is 715 g/mol. The van der Waals surface area contributed by atoms with Gasteiger partial charge < -0.3 is 0 Å². The van der Waals surface area contributed by atoms with Gasteiger partial charge in [0.1, 0.15) is 0 Å². The molecule has 3 heteroatoms. The summed E-state index contributed by atoms with van der Waals surface area (Å²) in [4.78, 5) is 16.1. The molecule has 0 atom stereocenters. The minimum absolute atomic E-state index is 0.0418. The van der Waals surface area contributed by atoms with Gasteiger partial charge in [0.15, 0.2) is 0 Å². The maximum Gasteiger partial charge on any atom is 0.0849 e. The Balaban J connectivity index is 1.46. The van der Waals surface area contributed by atoms with Crippen LogP contribution in [0.2, 0.25) is 0 Å². The summed E-state index contributed by atoms with van der Waals surface area (Å²) in [6.45, 7) is 10.7. The standard InChI is InChI=1S/C52H49N3/c1-6-39-30-20-31-40(7-2)51(39)53-37(4)47-32-21-33-48(55-47)38(5)54-52-45(49(41-22-12-8-13-23-41)42-24-14-9-15-25-42)34-36(3)35-46(52)50(43-26-16-10-17-27-43)44-28-18-11-19-29-44/h8-35,49-50H,6-7H2,1-5H3. The predicted octanol–water partition coefficient (Wildman–Crippen LogP) is 13.2. The Labute approximate surface area is 327 Å². The number of nitrogens with zero attached hydrogens (tertiary/aromatic N) is 3. The number of benzene rings is 6. The van der Waals surface area contributed by atoms with Gasteiger partial charge in [-0.2, -0.15) is 0 Å². The van der Waals surface area contributed by atoms with E-state index in [0.717, 1.165) is 47.0 Å². The van der Waals surface area contributed by atoms with Crippen LogP contribution in [0.5, 0.6) is 0 Å². The second-order valence-corrected chi connectivity index (χ2v) is 14.2. The van der Waals surface area contributed by atoms with E-state index < -0.39 is 0 Å². The highest BCUT2D eigenvalue weighted by Crippen LogP contribution is 2.45. The molecule has 1 heterocycles. The smallest absolute Gasteiger partial charge is 0.0849 e. The molecule has 55 heavy (non-hydrogen) atoms. The highest BCUT2D eigenvalue weighted by Gasteiger charge is 2.27. The van der Waals surface area contributed by atoms with Gasteiger partial charge in [-0.15, -0.1) is 0 Å². The molecule has 0 spiro atoms. The van der Waals surface area contributed by atoms with Gasteiger partial charge in [0, 0.05) is 11.8 Å². The third-order valence-electron chi connectivity index (χ3n) is 10.5. The first-order valence-corrected chi connectivity index (χ1v) is 19.5. The molecule has 7 rings (SSSR count). The second-order valence-electron chi connectivity index (χ2n) is 14.2. The summed E-state index contributed by atoms with van der Waals surface area (Å²) in [5.41, 5.74) is 16.4. The van der Waals surface area contributed by atoms with Crippen molar-refractivity contribution in [3.8, 4) is 0 Å². The Morgan fingerprint density at radius 3 is 1.16 bits per heavy atom. The Hall–Kier alpha value is -6.19. The van der Waals surface area contributed by atoms with E-state index >= 15 is 0 Å². The third-order valence-corrected chi connectivity index (χ3v) is 10.5. The van der Waals surface area contributed by atoms with Crippen molar-refractivity contribution in [1.29, 1.82) is 0 Å². The van der Waals surface area contributed by atoms with Crippen LogP contribution >= 0.6 is 0 Å². The molecule has 1 aromatic heterocycles. The largest absolute Gasteiger partial charge is 0.251 e. The average Bonchev–Trinajstić information content (AvgIpc) is 3.23. The van der Waals surface area contributed by atoms with Crippen molar-refractivity contribution in [3.05, 3.63) is 231 Å². The van der Waals surface area contributed by atoms with Crippen LogP contribution in [-0.2, 0) is 12.8 Å². The Morgan fingerprint density at radius 1 is 0.455 bits per heavy atom. The highest BCUT2D eigenvalue weighted by molar-refractivity contribution is 6.02. The lowest BCUT2D eigenvalue weighted by atomic mass is 9.78. The Morgan fingerprint density at radius 2 is 0.800 bits per heavy atom. The minimum atomic E-state index is -0.0418. The summed E-state index contributed by atoms with van der Waals surface area (Å²) in [5.74, 6) is -0.0836. The zero-order valence-corrected chi connectivity index (χ0v) is 32.6. The molecule has 272 valence electrons. The molecule has 0 aliphatic heterocycles. The zero-order valence-electron chi connectivity index (χ0n) is 32.6. The fourth-order valence-electron chi connectivity index (χ4n) is 7.74. The molecule has 7 aromatic rings. The number of aryl methyl sites for hydroxylation is 3. The first-order chi connectivity index (χ1) is 26.9. The van der Waals surface area contributed by atoms with Crippen LogP contribution in [0.25, 0.3) is 0 Å². The van der Waals surface area contributed by atoms with Crippen molar-refractivity contribution >= 4 is 22.8 Å². The summed E-state index contributed by atoms with van der Waals surface area (Å²) in [5, 5.41) is 0. The second kappa shape index (κ2) is 17.3. The number of aromatic nitrogens is 1. The van der Waals surface area contributed by atoms with E-state index in [1.54, 1.807) is 0 Å². The molecule has 6 aromatic carbocycles. The molecule has 0 bridgehead atoms. The molecule has 0 unspecified atom stereocenters. The molecule has 0 amide bonds. The van der Waals surface area contributed by atoms with Gasteiger partial charge in [0.25, 0.3) is 0 Å². The van der Waals surface area contributed by atoms with Gasteiger partial charge in [0.2, 0.25) is 0 Å². The van der Waals surface area contributed by atoms with Crippen molar-refractivity contribution in [2.75, 3.05) is 0 Å². The summed E-state index contributed by atoms with van der Waals surface area (Å²) in [6, 6.07) is 60.7. The predicted molar refractivity (Wildman–Crippen MR) is 232 cm³/mol. The third kappa shape index (κ3) is 8.32. The molecule has 0 saturated heterocycles. The number of aliphatic imine (C=N–C) groups is 2. The van der Waals surface area contributed by atoms with Crippen LogP contribution in [0.15, 0.2) is 180 Å². The van der Waals surface area contributed by atoms with Gasteiger partial charge in [-0.25, -0.2) is 4.98 Å². The number of pyridine rings is 1. The minimum Gasteiger partial charge on any atom is -0.251 e. The van der Waals surface area contributed by atoms with E-state index in [1.165, 1.54) is 50.1 Å². The molecule has 0 radical (unpaired) electrons. The van der Waals surface area contributed by atoms with Crippen LogP contribution in [0.3, 0.4) is 0 Å². The summed E-state index contributed by atoms with van der Waals surface area (Å²) >= 11 is 0. The topological polar surface area (TPSA) is 37.6 Å². The lowest BCUT2D eigenvalue weighted by molar-refractivity contribution is 0.933. The van der Waals surface area contributed by atoms with Crippen LogP contribution < -0.4 is 0 Å². The average molecular weight is 716 g/mol. The highest BCUT2D eigenvalue weighted by atomic mass is 14.8. The van der Waals surface area contributed by atoms with Crippen molar-refractivity contribution < 1.29 is 0 Å². The zero-order chi connectivity index (χ0) is 38.1. The molecule has 0 aliphatic carbocycles. The first kappa shape index (κ1) is 37.1. The summed E-state index contributed by atoms with van der Waals surface area (Å²) in [7, 11) is 0. The van der Waals surface area contributed by atoms with Gasteiger partial charge >= 0.3 is 0 Å². The molecule has 3 nitrogen and oxygen atoms in total. The number of rotatable bonds is 12. The van der Waals surface area contributed by atoms with Crippen LogP contribution in [0.4, 0.5) is 11.4 Å². The van der Waals surface area contributed by atoms with Crippen LogP contribution in [0, 0.1) is 6.92 Å². The Bertz CT molecular complexity index is 2210. The van der Waals surface area contributed by atoms with Crippen LogP contribution in [-0.4, -0.2) is 16.4 Å². The quantitative estimate of drug-likeness (QED) is 0.0917.